The van der Waals surface area contributed by atoms with Crippen molar-refractivity contribution in [1.82, 2.24) is 0 Å². The van der Waals surface area contributed by atoms with Gasteiger partial charge in [0.2, 0.25) is 0 Å². The number of nitrogens with one attached hydrogen (secondary N) is 1. The van der Waals surface area contributed by atoms with Crippen molar-refractivity contribution in [3.05, 3.63) is 46.5 Å². The van der Waals surface area contributed by atoms with E-state index in [0.717, 1.165) is 22.3 Å². The van der Waals surface area contributed by atoms with Gasteiger partial charge in [-0.05, 0) is 62.1 Å². The molecule has 0 bridgehead atoms. The monoisotopic (exact) mass is 347 g/mol. The first-order valence-corrected chi connectivity index (χ1v) is 9.28. The molecule has 0 saturated carbocycles. The van der Waals surface area contributed by atoms with Gasteiger partial charge in [0.1, 0.15) is 13.2 Å². The maximum absolute atomic E-state index is 12.9. The minimum atomic E-state index is -3.69. The number of ether oxygens (including phenoxy) is 2. The van der Waals surface area contributed by atoms with Crippen LogP contribution in [0.25, 0.3) is 0 Å². The Morgan fingerprint density at radius 2 is 1.46 bits per heavy atom. The van der Waals surface area contributed by atoms with Gasteiger partial charge in [-0.1, -0.05) is 6.07 Å². The number of sulfonamides is 1. The molecule has 1 heterocycles. The summed E-state index contributed by atoms with van der Waals surface area (Å²) in [5.74, 6) is 1.18. The standard InChI is InChI=1S/C18H21NO4S/c1-11-9-12(2)14(4)18(13(11)3)24(20,21)19-15-5-6-16-17(10-15)23-8-7-22-16/h5-6,9-10,19H,7-8H2,1-4H3. The van der Waals surface area contributed by atoms with E-state index in [9.17, 15) is 8.42 Å². The Bertz CT molecular complexity index is 877. The highest BCUT2D eigenvalue weighted by molar-refractivity contribution is 7.92. The van der Waals surface area contributed by atoms with Crippen molar-refractivity contribution in [3.63, 3.8) is 0 Å². The number of hydrogen-bond donors (Lipinski definition) is 1. The molecule has 2 aromatic rings. The summed E-state index contributed by atoms with van der Waals surface area (Å²) in [5.41, 5.74) is 3.91. The van der Waals surface area contributed by atoms with E-state index in [1.54, 1.807) is 18.2 Å². The molecular weight excluding hydrogens is 326 g/mol. The van der Waals surface area contributed by atoms with E-state index >= 15 is 0 Å². The molecule has 0 spiro atoms. The fourth-order valence-corrected chi connectivity index (χ4v) is 4.56. The third kappa shape index (κ3) is 2.94. The normalized spacial score (nSPS) is 13.7. The van der Waals surface area contributed by atoms with Crippen LogP contribution in [0.5, 0.6) is 11.5 Å². The van der Waals surface area contributed by atoms with E-state index < -0.39 is 10.0 Å². The summed E-state index contributed by atoms with van der Waals surface area (Å²) in [5, 5.41) is 0. The van der Waals surface area contributed by atoms with Gasteiger partial charge in [-0.15, -0.1) is 0 Å². The van der Waals surface area contributed by atoms with Gasteiger partial charge in [-0.25, -0.2) is 8.42 Å². The van der Waals surface area contributed by atoms with Gasteiger partial charge in [-0.3, -0.25) is 4.72 Å². The summed E-state index contributed by atoms with van der Waals surface area (Å²) in [7, 11) is -3.69. The van der Waals surface area contributed by atoms with Gasteiger partial charge >= 0.3 is 0 Å². The van der Waals surface area contributed by atoms with Crippen molar-refractivity contribution < 1.29 is 17.9 Å². The number of anilines is 1. The Kier molecular flexibility index (Phi) is 4.17. The Morgan fingerprint density at radius 1 is 0.875 bits per heavy atom. The van der Waals surface area contributed by atoms with Crippen LogP contribution in [-0.2, 0) is 10.0 Å². The van der Waals surface area contributed by atoms with E-state index in [-0.39, 0.29) is 0 Å². The molecule has 6 heteroatoms. The summed E-state index contributed by atoms with van der Waals surface area (Å²) in [6.07, 6.45) is 0. The Hall–Kier alpha value is -2.21. The van der Waals surface area contributed by atoms with Crippen molar-refractivity contribution in [2.24, 2.45) is 0 Å². The summed E-state index contributed by atoms with van der Waals surface area (Å²) in [4.78, 5) is 0.342. The van der Waals surface area contributed by atoms with Gasteiger partial charge in [0.05, 0.1) is 10.6 Å². The van der Waals surface area contributed by atoms with Gasteiger partial charge in [-0.2, -0.15) is 0 Å². The largest absolute Gasteiger partial charge is 0.486 e. The van der Waals surface area contributed by atoms with Crippen molar-refractivity contribution in [2.45, 2.75) is 32.6 Å². The lowest BCUT2D eigenvalue weighted by atomic mass is 10.0. The van der Waals surface area contributed by atoms with E-state index in [1.807, 2.05) is 33.8 Å². The molecule has 0 saturated heterocycles. The molecule has 3 rings (SSSR count). The lowest BCUT2D eigenvalue weighted by Gasteiger charge is -2.20. The molecule has 0 aromatic heterocycles. The predicted octanol–water partition coefficient (Wildman–Crippen LogP) is 3.49. The molecule has 5 nitrogen and oxygen atoms in total. The van der Waals surface area contributed by atoms with Gasteiger partial charge in [0.25, 0.3) is 10.0 Å². The Morgan fingerprint density at radius 3 is 2.08 bits per heavy atom. The topological polar surface area (TPSA) is 64.6 Å². The molecule has 0 unspecified atom stereocenters. The number of hydrogen-bond acceptors (Lipinski definition) is 4. The predicted molar refractivity (Wildman–Crippen MR) is 93.6 cm³/mol. The second-order valence-electron chi connectivity index (χ2n) is 6.05. The molecule has 1 aliphatic rings. The number of benzene rings is 2. The average Bonchev–Trinajstić information content (AvgIpc) is 2.52. The number of fused-ring (bicyclic) bond motifs is 1. The summed E-state index contributed by atoms with van der Waals surface area (Å²) in [6, 6.07) is 7.05. The van der Waals surface area contributed by atoms with E-state index in [0.29, 0.717) is 35.3 Å². The highest BCUT2D eigenvalue weighted by atomic mass is 32.2. The van der Waals surface area contributed by atoms with Crippen molar-refractivity contribution in [3.8, 4) is 11.5 Å². The first-order chi connectivity index (χ1) is 11.3. The maximum Gasteiger partial charge on any atom is 0.262 e. The highest BCUT2D eigenvalue weighted by Crippen LogP contribution is 2.34. The van der Waals surface area contributed by atoms with Crippen LogP contribution in [0, 0.1) is 27.7 Å². The van der Waals surface area contributed by atoms with Crippen LogP contribution in [0.15, 0.2) is 29.2 Å². The van der Waals surface area contributed by atoms with Gasteiger partial charge in [0, 0.05) is 6.07 Å². The quantitative estimate of drug-likeness (QED) is 0.923. The molecule has 0 aliphatic carbocycles. The van der Waals surface area contributed by atoms with Crippen LogP contribution in [0.2, 0.25) is 0 Å². The van der Waals surface area contributed by atoms with E-state index in [4.69, 9.17) is 9.47 Å². The van der Waals surface area contributed by atoms with Gasteiger partial charge < -0.3 is 9.47 Å². The Balaban J connectivity index is 2.01. The van der Waals surface area contributed by atoms with Crippen LogP contribution >= 0.6 is 0 Å². The first kappa shape index (κ1) is 16.6. The van der Waals surface area contributed by atoms with Crippen molar-refractivity contribution in [1.29, 1.82) is 0 Å². The lowest BCUT2D eigenvalue weighted by molar-refractivity contribution is 0.171. The molecule has 2 aromatic carbocycles. The minimum absolute atomic E-state index is 0.342. The fourth-order valence-electron chi connectivity index (χ4n) is 2.90. The van der Waals surface area contributed by atoms with E-state index in [1.165, 1.54) is 0 Å². The molecule has 0 amide bonds. The minimum Gasteiger partial charge on any atom is -0.486 e. The average molecular weight is 347 g/mol. The number of rotatable bonds is 3. The van der Waals surface area contributed by atoms with Crippen LogP contribution in [0.1, 0.15) is 22.3 Å². The molecule has 0 fully saturated rings. The fraction of sp³-hybridized carbons (Fsp3) is 0.333. The summed E-state index contributed by atoms with van der Waals surface area (Å²) >= 11 is 0. The zero-order valence-electron chi connectivity index (χ0n) is 14.3. The second-order valence-corrected chi connectivity index (χ2v) is 7.67. The smallest absolute Gasteiger partial charge is 0.262 e. The third-order valence-electron chi connectivity index (χ3n) is 4.36. The summed E-state index contributed by atoms with van der Waals surface area (Å²) in [6.45, 7) is 8.47. The molecule has 0 atom stereocenters. The molecule has 24 heavy (non-hydrogen) atoms. The maximum atomic E-state index is 12.9. The molecule has 1 N–H and O–H groups in total. The van der Waals surface area contributed by atoms with E-state index in [2.05, 4.69) is 4.72 Å². The molecular formula is C18H21NO4S. The lowest BCUT2D eigenvalue weighted by Crippen LogP contribution is -2.18. The van der Waals surface area contributed by atoms with Crippen molar-refractivity contribution >= 4 is 15.7 Å². The van der Waals surface area contributed by atoms with Crippen LogP contribution in [0.4, 0.5) is 5.69 Å². The van der Waals surface area contributed by atoms with Crippen molar-refractivity contribution in [2.75, 3.05) is 17.9 Å². The molecule has 128 valence electrons. The van der Waals surface area contributed by atoms with Gasteiger partial charge in [0.15, 0.2) is 11.5 Å². The molecule has 0 radical (unpaired) electrons. The third-order valence-corrected chi connectivity index (χ3v) is 6.01. The summed E-state index contributed by atoms with van der Waals surface area (Å²) < 4.78 is 39.5. The highest BCUT2D eigenvalue weighted by Gasteiger charge is 2.23. The molecule has 1 aliphatic heterocycles. The first-order valence-electron chi connectivity index (χ1n) is 7.79. The zero-order valence-corrected chi connectivity index (χ0v) is 15.1. The second kappa shape index (κ2) is 6.02. The Labute approximate surface area is 142 Å². The SMILES string of the molecule is Cc1cc(C)c(C)c(S(=O)(=O)Nc2ccc3c(c2)OCCO3)c1C. The zero-order chi connectivity index (χ0) is 17.5. The number of aryl methyl sites for hydroxylation is 2. The van der Waals surface area contributed by atoms with Crippen LogP contribution < -0.4 is 14.2 Å². The van der Waals surface area contributed by atoms with Crippen LogP contribution in [0.3, 0.4) is 0 Å². The van der Waals surface area contributed by atoms with Crippen LogP contribution in [-0.4, -0.2) is 21.6 Å².